The van der Waals surface area contributed by atoms with Gasteiger partial charge in [-0.25, -0.2) is 13.2 Å². The second-order valence-corrected chi connectivity index (χ2v) is 9.76. The Morgan fingerprint density at radius 1 is 1.03 bits per heavy atom. The summed E-state index contributed by atoms with van der Waals surface area (Å²) >= 11 is 0. The number of benzene rings is 2. The van der Waals surface area contributed by atoms with Gasteiger partial charge >= 0.3 is 5.97 Å². The predicted octanol–water partition coefficient (Wildman–Crippen LogP) is 2.37. The minimum absolute atomic E-state index is 0.0499. The highest BCUT2D eigenvalue weighted by Gasteiger charge is 2.50. The Morgan fingerprint density at radius 2 is 1.65 bits per heavy atom. The average Bonchev–Trinajstić information content (AvgIpc) is 3.08. The van der Waals surface area contributed by atoms with Crippen LogP contribution in [0.2, 0.25) is 0 Å². The molecule has 2 atom stereocenters. The molecule has 2 aromatic rings. The maximum Gasteiger partial charge on any atom is 0.376 e. The Bertz CT molecular complexity index is 1100. The van der Waals surface area contributed by atoms with E-state index >= 15 is 0 Å². The van der Waals surface area contributed by atoms with E-state index in [-0.39, 0.29) is 23.9 Å². The van der Waals surface area contributed by atoms with Crippen molar-refractivity contribution < 1.29 is 22.7 Å². The van der Waals surface area contributed by atoms with E-state index in [9.17, 15) is 13.2 Å². The Balaban J connectivity index is 1.86. The Kier molecular flexibility index (Phi) is 5.62. The van der Waals surface area contributed by atoms with Gasteiger partial charge in [-0.2, -0.15) is 0 Å². The van der Waals surface area contributed by atoms with Crippen LogP contribution in [-0.4, -0.2) is 57.5 Å². The number of fused-ring (bicyclic) bond motifs is 1. The van der Waals surface area contributed by atoms with E-state index in [1.165, 1.54) is 0 Å². The molecule has 2 heterocycles. The number of carbonyl (C=O) groups excluding carboxylic acids is 1. The molecule has 1 saturated heterocycles. The summed E-state index contributed by atoms with van der Waals surface area (Å²) in [5.41, 5.74) is 2.45. The third-order valence-corrected chi connectivity index (χ3v) is 7.18. The van der Waals surface area contributed by atoms with Crippen LogP contribution in [0.15, 0.2) is 53.6 Å². The van der Waals surface area contributed by atoms with Crippen molar-refractivity contribution in [3.05, 3.63) is 54.1 Å². The van der Waals surface area contributed by atoms with Crippen LogP contribution in [0.5, 0.6) is 5.75 Å². The Hall–Kier alpha value is -3.07. The maximum absolute atomic E-state index is 12.9. The van der Waals surface area contributed by atoms with E-state index in [1.54, 1.807) is 48.2 Å². The van der Waals surface area contributed by atoms with Crippen LogP contribution in [0.4, 0.5) is 11.4 Å². The molecule has 2 aliphatic heterocycles. The van der Waals surface area contributed by atoms with Gasteiger partial charge in [0.05, 0.1) is 43.0 Å². The number of hydrogen-bond acceptors (Lipinski definition) is 8. The first-order valence-corrected chi connectivity index (χ1v) is 11.9. The van der Waals surface area contributed by atoms with E-state index in [0.717, 1.165) is 5.56 Å². The molecule has 9 heteroatoms. The van der Waals surface area contributed by atoms with Gasteiger partial charge in [0.25, 0.3) is 0 Å². The summed E-state index contributed by atoms with van der Waals surface area (Å²) in [6.07, 6.45) is 0. The van der Waals surface area contributed by atoms with Gasteiger partial charge in [0.1, 0.15) is 5.75 Å². The van der Waals surface area contributed by atoms with Crippen LogP contribution in [0.3, 0.4) is 0 Å². The molecule has 164 valence electrons. The molecule has 2 aromatic carbocycles. The quantitative estimate of drug-likeness (QED) is 0.656. The lowest BCUT2D eigenvalue weighted by Crippen LogP contribution is -2.59. The average molecular weight is 444 g/mol. The number of aryl methyl sites for hydroxylation is 1. The first-order valence-electron chi connectivity index (χ1n) is 10.1. The smallest absolute Gasteiger partial charge is 0.376 e. The van der Waals surface area contributed by atoms with Gasteiger partial charge in [-0.3, -0.25) is 5.01 Å². The van der Waals surface area contributed by atoms with E-state index in [2.05, 4.69) is 5.10 Å². The molecule has 0 bridgehead atoms. The summed E-state index contributed by atoms with van der Waals surface area (Å²) in [6.45, 7) is 3.88. The second-order valence-electron chi connectivity index (χ2n) is 7.60. The first-order chi connectivity index (χ1) is 14.8. The van der Waals surface area contributed by atoms with Crippen molar-refractivity contribution in [1.82, 2.24) is 0 Å². The highest BCUT2D eigenvalue weighted by atomic mass is 32.2. The first kappa shape index (κ1) is 21.2. The normalized spacial score (nSPS) is 22.0. The number of ether oxygens (including phenoxy) is 2. The third-order valence-electron chi connectivity index (χ3n) is 5.48. The number of sulfone groups is 1. The van der Waals surface area contributed by atoms with Gasteiger partial charge in [-0.1, -0.05) is 17.7 Å². The largest absolute Gasteiger partial charge is 0.497 e. The summed E-state index contributed by atoms with van der Waals surface area (Å²) in [4.78, 5) is 14.6. The zero-order valence-electron chi connectivity index (χ0n) is 17.7. The molecule has 0 radical (unpaired) electrons. The monoisotopic (exact) mass is 443 g/mol. The molecule has 0 saturated carbocycles. The Morgan fingerprint density at radius 3 is 2.26 bits per heavy atom. The van der Waals surface area contributed by atoms with Gasteiger partial charge in [0.15, 0.2) is 9.84 Å². The summed E-state index contributed by atoms with van der Waals surface area (Å²) in [6, 6.07) is 13.8. The SMILES string of the molecule is CCOC(=O)C1=NN(c2ccc(OC)cc2)[C@H]2CS(=O)(=O)C[C@H]2N1c1ccc(C)cc1. The van der Waals surface area contributed by atoms with Crippen LogP contribution >= 0.6 is 0 Å². The molecule has 31 heavy (non-hydrogen) atoms. The number of amidine groups is 1. The summed E-state index contributed by atoms with van der Waals surface area (Å²) in [5, 5.41) is 6.24. The fourth-order valence-corrected chi connectivity index (χ4v) is 5.92. The van der Waals surface area contributed by atoms with Crippen molar-refractivity contribution >= 4 is 33.0 Å². The number of anilines is 2. The van der Waals surface area contributed by atoms with Crippen molar-refractivity contribution in [1.29, 1.82) is 0 Å². The number of esters is 1. The lowest BCUT2D eigenvalue weighted by atomic mass is 10.1. The lowest BCUT2D eigenvalue weighted by Gasteiger charge is -2.42. The predicted molar refractivity (Wildman–Crippen MR) is 119 cm³/mol. The van der Waals surface area contributed by atoms with Crippen molar-refractivity contribution in [3.8, 4) is 5.75 Å². The molecule has 4 rings (SSSR count). The standard InChI is InChI=1S/C22H25N3O5S/c1-4-30-22(26)21-23-25(17-9-11-18(29-3)12-10-17)20-14-31(27,28)13-19(20)24(21)16-7-5-15(2)6-8-16/h5-12,19-20H,4,13-14H2,1-3H3/t19-,20+/m1/s1. The number of hydrogen-bond donors (Lipinski definition) is 0. The number of carbonyl (C=O) groups is 1. The third kappa shape index (κ3) is 4.10. The molecule has 1 fully saturated rings. The number of methoxy groups -OCH3 is 1. The summed E-state index contributed by atoms with van der Waals surface area (Å²) in [7, 11) is -1.75. The minimum atomic E-state index is -3.33. The van der Waals surface area contributed by atoms with E-state index in [1.807, 2.05) is 31.2 Å². The lowest BCUT2D eigenvalue weighted by molar-refractivity contribution is -0.135. The van der Waals surface area contributed by atoms with Crippen molar-refractivity contribution in [2.24, 2.45) is 5.10 Å². The number of hydrazone groups is 1. The van der Waals surface area contributed by atoms with Gasteiger partial charge in [0, 0.05) is 5.69 Å². The van der Waals surface area contributed by atoms with Crippen molar-refractivity contribution in [2.45, 2.75) is 25.9 Å². The van der Waals surface area contributed by atoms with Crippen LogP contribution < -0.4 is 14.6 Å². The van der Waals surface area contributed by atoms with Gasteiger partial charge in [0.2, 0.25) is 5.84 Å². The molecule has 2 aliphatic rings. The zero-order chi connectivity index (χ0) is 22.2. The Labute approximate surface area is 182 Å². The fourth-order valence-electron chi connectivity index (χ4n) is 4.01. The second kappa shape index (κ2) is 8.22. The molecular formula is C22H25N3O5S. The van der Waals surface area contributed by atoms with Crippen LogP contribution in [0, 0.1) is 6.92 Å². The molecule has 0 spiro atoms. The highest BCUT2D eigenvalue weighted by molar-refractivity contribution is 7.91. The molecule has 0 unspecified atom stereocenters. The molecule has 0 aliphatic carbocycles. The van der Waals surface area contributed by atoms with Crippen molar-refractivity contribution in [2.75, 3.05) is 35.1 Å². The topological polar surface area (TPSA) is 88.5 Å². The van der Waals surface area contributed by atoms with Crippen molar-refractivity contribution in [3.63, 3.8) is 0 Å². The zero-order valence-corrected chi connectivity index (χ0v) is 18.5. The van der Waals surface area contributed by atoms with Crippen LogP contribution in [0.1, 0.15) is 12.5 Å². The maximum atomic E-state index is 12.9. The number of nitrogens with zero attached hydrogens (tertiary/aromatic N) is 3. The summed E-state index contributed by atoms with van der Waals surface area (Å²) < 4.78 is 35.8. The highest BCUT2D eigenvalue weighted by Crippen LogP contribution is 2.35. The summed E-state index contributed by atoms with van der Waals surface area (Å²) in [5.74, 6) is 0.0267. The van der Waals surface area contributed by atoms with Gasteiger partial charge in [-0.15, -0.1) is 5.10 Å². The minimum Gasteiger partial charge on any atom is -0.497 e. The van der Waals surface area contributed by atoms with E-state index < -0.39 is 27.9 Å². The van der Waals surface area contributed by atoms with Crippen LogP contribution in [-0.2, 0) is 19.4 Å². The molecular weight excluding hydrogens is 418 g/mol. The van der Waals surface area contributed by atoms with Crippen LogP contribution in [0.25, 0.3) is 0 Å². The van der Waals surface area contributed by atoms with Gasteiger partial charge < -0.3 is 14.4 Å². The molecule has 0 amide bonds. The molecule has 0 N–H and O–H groups in total. The van der Waals surface area contributed by atoms with E-state index in [0.29, 0.717) is 17.1 Å². The van der Waals surface area contributed by atoms with Gasteiger partial charge in [-0.05, 0) is 50.2 Å². The van der Waals surface area contributed by atoms with E-state index in [4.69, 9.17) is 9.47 Å². The molecule has 0 aromatic heterocycles. The number of rotatable bonds is 5. The fraction of sp³-hybridized carbons (Fsp3) is 0.364. The molecule has 8 nitrogen and oxygen atoms in total.